The zero-order chi connectivity index (χ0) is 13.7. The van der Waals surface area contributed by atoms with E-state index in [1.54, 1.807) is 6.92 Å². The predicted molar refractivity (Wildman–Crippen MR) is 71.2 cm³/mol. The van der Waals surface area contributed by atoms with Crippen LogP contribution in [-0.4, -0.2) is 12.8 Å². The van der Waals surface area contributed by atoms with E-state index in [9.17, 15) is 4.79 Å². The van der Waals surface area contributed by atoms with Crippen LogP contribution in [-0.2, 0) is 9.53 Å². The van der Waals surface area contributed by atoms with Gasteiger partial charge in [-0.15, -0.1) is 0 Å². The standard InChI is InChI=1S/C15H20O4/c1-3-5-6-12(19-15(16)4-2)11-7-8-13-14(9-11)18-10-17-13/h7-9,12H,3-6,10H2,1-2H3/t12-/m0/s1. The second kappa shape index (κ2) is 6.45. The summed E-state index contributed by atoms with van der Waals surface area (Å²) in [5.74, 6) is 1.31. The predicted octanol–water partition coefficient (Wildman–Crippen LogP) is 3.60. The number of benzene rings is 1. The Morgan fingerprint density at radius 3 is 2.84 bits per heavy atom. The Morgan fingerprint density at radius 1 is 1.32 bits per heavy atom. The Kier molecular flexibility index (Phi) is 4.66. The first-order valence-corrected chi connectivity index (χ1v) is 6.83. The number of esters is 1. The lowest BCUT2D eigenvalue weighted by Crippen LogP contribution is -2.10. The molecule has 0 fully saturated rings. The maximum Gasteiger partial charge on any atom is 0.306 e. The molecule has 0 N–H and O–H groups in total. The number of unbranched alkanes of at least 4 members (excludes halogenated alkanes) is 1. The van der Waals surface area contributed by atoms with Crippen LogP contribution >= 0.6 is 0 Å². The Balaban J connectivity index is 2.14. The molecule has 0 saturated heterocycles. The number of hydrogen-bond donors (Lipinski definition) is 0. The van der Waals surface area contributed by atoms with E-state index in [-0.39, 0.29) is 18.9 Å². The fourth-order valence-electron chi connectivity index (χ4n) is 2.04. The molecule has 1 aliphatic heterocycles. The van der Waals surface area contributed by atoms with Gasteiger partial charge >= 0.3 is 5.97 Å². The zero-order valence-electron chi connectivity index (χ0n) is 11.5. The van der Waals surface area contributed by atoms with Crippen molar-refractivity contribution in [2.45, 2.75) is 45.6 Å². The van der Waals surface area contributed by atoms with Crippen molar-refractivity contribution in [3.63, 3.8) is 0 Å². The molecule has 0 amide bonds. The van der Waals surface area contributed by atoms with Crippen LogP contribution in [0.3, 0.4) is 0 Å². The molecular weight excluding hydrogens is 244 g/mol. The van der Waals surface area contributed by atoms with Crippen molar-refractivity contribution in [2.75, 3.05) is 6.79 Å². The summed E-state index contributed by atoms with van der Waals surface area (Å²) in [6.07, 6.45) is 3.14. The fourth-order valence-corrected chi connectivity index (χ4v) is 2.04. The topological polar surface area (TPSA) is 44.8 Å². The lowest BCUT2D eigenvalue weighted by atomic mass is 10.0. The van der Waals surface area contributed by atoms with E-state index in [1.165, 1.54) is 0 Å². The summed E-state index contributed by atoms with van der Waals surface area (Å²) in [4.78, 5) is 11.5. The Bertz CT molecular complexity index is 442. The molecule has 1 aromatic carbocycles. The van der Waals surface area contributed by atoms with Gasteiger partial charge < -0.3 is 14.2 Å². The van der Waals surface area contributed by atoms with Gasteiger partial charge in [-0.1, -0.05) is 26.3 Å². The normalized spacial score (nSPS) is 14.2. The summed E-state index contributed by atoms with van der Waals surface area (Å²) in [7, 11) is 0. The van der Waals surface area contributed by atoms with Gasteiger partial charge in [0.15, 0.2) is 11.5 Å². The highest BCUT2D eigenvalue weighted by atomic mass is 16.7. The average molecular weight is 264 g/mol. The number of hydrogen-bond acceptors (Lipinski definition) is 4. The molecule has 4 heteroatoms. The minimum absolute atomic E-state index is 0.168. The SMILES string of the molecule is CCCC[C@H](OC(=O)CC)c1ccc2c(c1)OCO2. The van der Waals surface area contributed by atoms with Crippen molar-refractivity contribution in [3.8, 4) is 11.5 Å². The molecule has 0 radical (unpaired) electrons. The molecule has 104 valence electrons. The maximum absolute atomic E-state index is 11.5. The minimum Gasteiger partial charge on any atom is -0.457 e. The van der Waals surface area contributed by atoms with Crippen molar-refractivity contribution in [3.05, 3.63) is 23.8 Å². The summed E-state index contributed by atoms with van der Waals surface area (Å²) < 4.78 is 16.2. The third-order valence-electron chi connectivity index (χ3n) is 3.15. The maximum atomic E-state index is 11.5. The van der Waals surface area contributed by atoms with E-state index in [1.807, 2.05) is 18.2 Å². The molecule has 0 bridgehead atoms. The van der Waals surface area contributed by atoms with Gasteiger partial charge in [0.05, 0.1) is 0 Å². The molecule has 0 aliphatic carbocycles. The molecule has 4 nitrogen and oxygen atoms in total. The summed E-state index contributed by atoms with van der Waals surface area (Å²) in [5.41, 5.74) is 0.972. The van der Waals surface area contributed by atoms with Gasteiger partial charge in [-0.25, -0.2) is 0 Å². The number of carbonyl (C=O) groups excluding carboxylic acids is 1. The van der Waals surface area contributed by atoms with Gasteiger partial charge in [-0.2, -0.15) is 0 Å². The van der Waals surface area contributed by atoms with Crippen LogP contribution < -0.4 is 9.47 Å². The number of rotatable bonds is 6. The summed E-state index contributed by atoms with van der Waals surface area (Å²) in [5, 5.41) is 0. The molecule has 19 heavy (non-hydrogen) atoms. The van der Waals surface area contributed by atoms with Crippen molar-refractivity contribution in [1.82, 2.24) is 0 Å². The van der Waals surface area contributed by atoms with Crippen LogP contribution in [0, 0.1) is 0 Å². The second-order valence-corrected chi connectivity index (χ2v) is 4.59. The van der Waals surface area contributed by atoms with E-state index < -0.39 is 0 Å². The van der Waals surface area contributed by atoms with Crippen LogP contribution in [0.25, 0.3) is 0 Å². The van der Waals surface area contributed by atoms with E-state index in [0.29, 0.717) is 6.42 Å². The molecule has 0 saturated carbocycles. The third-order valence-corrected chi connectivity index (χ3v) is 3.15. The summed E-state index contributed by atoms with van der Waals surface area (Å²) in [6, 6.07) is 5.72. The van der Waals surface area contributed by atoms with Crippen molar-refractivity contribution in [1.29, 1.82) is 0 Å². The van der Waals surface area contributed by atoms with Gasteiger partial charge in [-0.3, -0.25) is 4.79 Å². The Hall–Kier alpha value is -1.71. The average Bonchev–Trinajstić information content (AvgIpc) is 2.90. The number of ether oxygens (including phenoxy) is 3. The molecule has 1 aliphatic rings. The first-order valence-electron chi connectivity index (χ1n) is 6.83. The van der Waals surface area contributed by atoms with Crippen molar-refractivity contribution >= 4 is 5.97 Å². The number of fused-ring (bicyclic) bond motifs is 1. The Morgan fingerprint density at radius 2 is 2.11 bits per heavy atom. The van der Waals surface area contributed by atoms with Crippen LogP contribution in [0.5, 0.6) is 11.5 Å². The monoisotopic (exact) mass is 264 g/mol. The van der Waals surface area contributed by atoms with E-state index in [0.717, 1.165) is 36.3 Å². The van der Waals surface area contributed by atoms with E-state index >= 15 is 0 Å². The molecular formula is C15H20O4. The highest BCUT2D eigenvalue weighted by Gasteiger charge is 2.20. The van der Waals surface area contributed by atoms with Gasteiger partial charge in [0, 0.05) is 6.42 Å². The van der Waals surface area contributed by atoms with Crippen LogP contribution in [0.15, 0.2) is 18.2 Å². The quantitative estimate of drug-likeness (QED) is 0.736. The van der Waals surface area contributed by atoms with Crippen LogP contribution in [0.1, 0.15) is 51.2 Å². The van der Waals surface area contributed by atoms with Crippen LogP contribution in [0.2, 0.25) is 0 Å². The van der Waals surface area contributed by atoms with Gasteiger partial charge in [0.1, 0.15) is 6.10 Å². The molecule has 0 spiro atoms. The van der Waals surface area contributed by atoms with Crippen LogP contribution in [0.4, 0.5) is 0 Å². The molecule has 1 aromatic rings. The van der Waals surface area contributed by atoms with Gasteiger partial charge in [0.2, 0.25) is 6.79 Å². The molecule has 1 atom stereocenters. The van der Waals surface area contributed by atoms with Crippen molar-refractivity contribution in [2.24, 2.45) is 0 Å². The van der Waals surface area contributed by atoms with Gasteiger partial charge in [-0.05, 0) is 30.5 Å². The zero-order valence-corrected chi connectivity index (χ0v) is 11.5. The molecule has 0 unspecified atom stereocenters. The van der Waals surface area contributed by atoms with E-state index in [4.69, 9.17) is 14.2 Å². The minimum atomic E-state index is -0.193. The summed E-state index contributed by atoms with van der Waals surface area (Å²) in [6.45, 7) is 4.18. The lowest BCUT2D eigenvalue weighted by Gasteiger charge is -2.18. The van der Waals surface area contributed by atoms with E-state index in [2.05, 4.69) is 6.92 Å². The third kappa shape index (κ3) is 3.40. The number of carbonyl (C=O) groups is 1. The largest absolute Gasteiger partial charge is 0.457 e. The first-order chi connectivity index (χ1) is 9.24. The van der Waals surface area contributed by atoms with Gasteiger partial charge in [0.25, 0.3) is 0 Å². The highest BCUT2D eigenvalue weighted by Crippen LogP contribution is 2.36. The fraction of sp³-hybridized carbons (Fsp3) is 0.533. The summed E-state index contributed by atoms with van der Waals surface area (Å²) >= 11 is 0. The first kappa shape index (κ1) is 13.7. The van der Waals surface area contributed by atoms with Crippen molar-refractivity contribution < 1.29 is 19.0 Å². The molecule has 2 rings (SSSR count). The highest BCUT2D eigenvalue weighted by molar-refractivity contribution is 5.69. The Labute approximate surface area is 113 Å². The molecule has 1 heterocycles. The lowest BCUT2D eigenvalue weighted by molar-refractivity contribution is -0.149. The molecule has 0 aromatic heterocycles. The second-order valence-electron chi connectivity index (χ2n) is 4.59. The smallest absolute Gasteiger partial charge is 0.306 e.